The number of rotatable bonds is 3. The number of hydrogen-bond acceptors (Lipinski definition) is 4. The molecule has 6 heteroatoms. The highest BCUT2D eigenvalue weighted by molar-refractivity contribution is 5.97. The van der Waals surface area contributed by atoms with E-state index in [9.17, 15) is 10.1 Å². The van der Waals surface area contributed by atoms with E-state index in [0.717, 1.165) is 0 Å². The monoisotopic (exact) mass is 195 g/mol. The SMILES string of the molecule is COc1cc([N+](=O)[O-])ccc1C(=N)N. The van der Waals surface area contributed by atoms with Gasteiger partial charge in [0.05, 0.1) is 23.7 Å². The molecule has 0 aliphatic carbocycles. The topological polar surface area (TPSA) is 102 Å². The first-order valence-corrected chi connectivity index (χ1v) is 3.73. The Hall–Kier alpha value is -2.11. The lowest BCUT2D eigenvalue weighted by atomic mass is 10.1. The lowest BCUT2D eigenvalue weighted by molar-refractivity contribution is -0.384. The summed E-state index contributed by atoms with van der Waals surface area (Å²) in [5, 5.41) is 17.6. The van der Waals surface area contributed by atoms with Crippen molar-refractivity contribution in [2.24, 2.45) is 5.73 Å². The van der Waals surface area contributed by atoms with Crippen LogP contribution < -0.4 is 10.5 Å². The molecular weight excluding hydrogens is 186 g/mol. The van der Waals surface area contributed by atoms with Crippen LogP contribution in [-0.4, -0.2) is 17.9 Å². The highest BCUT2D eigenvalue weighted by Gasteiger charge is 2.12. The zero-order chi connectivity index (χ0) is 10.7. The Kier molecular flexibility index (Phi) is 2.66. The van der Waals surface area contributed by atoms with Crippen molar-refractivity contribution in [3.63, 3.8) is 0 Å². The summed E-state index contributed by atoms with van der Waals surface area (Å²) in [7, 11) is 1.37. The smallest absolute Gasteiger partial charge is 0.273 e. The zero-order valence-electron chi connectivity index (χ0n) is 7.48. The molecule has 1 aromatic rings. The van der Waals surface area contributed by atoms with Gasteiger partial charge in [-0.25, -0.2) is 0 Å². The van der Waals surface area contributed by atoms with Crippen LogP contribution in [0.5, 0.6) is 5.75 Å². The van der Waals surface area contributed by atoms with Gasteiger partial charge >= 0.3 is 0 Å². The number of non-ortho nitro benzene ring substituents is 1. The summed E-state index contributed by atoms with van der Waals surface area (Å²) in [4.78, 5) is 9.88. The van der Waals surface area contributed by atoms with E-state index in [-0.39, 0.29) is 17.3 Å². The van der Waals surface area contributed by atoms with Crippen molar-refractivity contribution in [2.45, 2.75) is 0 Å². The molecule has 0 amide bonds. The zero-order valence-corrected chi connectivity index (χ0v) is 7.48. The summed E-state index contributed by atoms with van der Waals surface area (Å²) >= 11 is 0. The maximum absolute atomic E-state index is 10.4. The van der Waals surface area contributed by atoms with E-state index >= 15 is 0 Å². The first kappa shape index (κ1) is 9.97. The third-order valence-electron chi connectivity index (χ3n) is 1.69. The lowest BCUT2D eigenvalue weighted by Crippen LogP contribution is -2.12. The van der Waals surface area contributed by atoms with Crippen LogP contribution in [0, 0.1) is 15.5 Å². The molecule has 0 saturated carbocycles. The van der Waals surface area contributed by atoms with E-state index in [4.69, 9.17) is 15.9 Å². The predicted molar refractivity (Wildman–Crippen MR) is 50.7 cm³/mol. The molecule has 0 aromatic heterocycles. The second-order valence-electron chi connectivity index (χ2n) is 2.56. The average molecular weight is 195 g/mol. The highest BCUT2D eigenvalue weighted by atomic mass is 16.6. The number of nitrogens with two attached hydrogens (primary N) is 1. The number of methoxy groups -OCH3 is 1. The molecule has 0 bridgehead atoms. The summed E-state index contributed by atoms with van der Waals surface area (Å²) in [5.74, 6) is 0.0449. The van der Waals surface area contributed by atoms with Crippen molar-refractivity contribution in [1.29, 1.82) is 5.41 Å². The van der Waals surface area contributed by atoms with Crippen LogP contribution in [0.15, 0.2) is 18.2 Å². The van der Waals surface area contributed by atoms with Gasteiger partial charge in [0.1, 0.15) is 11.6 Å². The molecule has 0 aliphatic heterocycles. The van der Waals surface area contributed by atoms with Gasteiger partial charge in [-0.15, -0.1) is 0 Å². The van der Waals surface area contributed by atoms with Gasteiger partial charge in [-0.05, 0) is 6.07 Å². The van der Waals surface area contributed by atoms with Crippen LogP contribution in [0.2, 0.25) is 0 Å². The molecule has 14 heavy (non-hydrogen) atoms. The second kappa shape index (κ2) is 3.73. The maximum atomic E-state index is 10.4. The van der Waals surface area contributed by atoms with Gasteiger partial charge in [0.2, 0.25) is 0 Å². The van der Waals surface area contributed by atoms with Gasteiger partial charge in [-0.2, -0.15) is 0 Å². The quantitative estimate of drug-likeness (QED) is 0.323. The van der Waals surface area contributed by atoms with Crippen LogP contribution in [0.3, 0.4) is 0 Å². The summed E-state index contributed by atoms with van der Waals surface area (Å²) in [6, 6.07) is 3.90. The number of hydrogen-bond donors (Lipinski definition) is 2. The maximum Gasteiger partial charge on any atom is 0.273 e. The summed E-state index contributed by atoms with van der Waals surface area (Å²) in [6.45, 7) is 0. The molecule has 0 saturated heterocycles. The normalized spacial score (nSPS) is 9.50. The first-order chi connectivity index (χ1) is 6.56. The molecule has 0 aliphatic rings. The van der Waals surface area contributed by atoms with E-state index in [0.29, 0.717) is 5.56 Å². The number of ether oxygens (including phenoxy) is 1. The predicted octanol–water partition coefficient (Wildman–Crippen LogP) is 0.887. The Bertz CT molecular complexity index is 389. The van der Waals surface area contributed by atoms with E-state index in [2.05, 4.69) is 0 Å². The molecule has 1 aromatic carbocycles. The largest absolute Gasteiger partial charge is 0.496 e. The highest BCUT2D eigenvalue weighted by Crippen LogP contribution is 2.23. The summed E-state index contributed by atoms with van der Waals surface area (Å²) < 4.78 is 4.87. The minimum atomic E-state index is -0.535. The molecule has 0 fully saturated rings. The Balaban J connectivity index is 3.25. The van der Waals surface area contributed by atoms with Crippen LogP contribution in [0.4, 0.5) is 5.69 Å². The van der Waals surface area contributed by atoms with Crippen LogP contribution in [-0.2, 0) is 0 Å². The van der Waals surface area contributed by atoms with Crippen molar-refractivity contribution in [2.75, 3.05) is 7.11 Å². The number of nitrogens with one attached hydrogen (secondary N) is 1. The minimum Gasteiger partial charge on any atom is -0.496 e. The van der Waals surface area contributed by atoms with Crippen LogP contribution in [0.25, 0.3) is 0 Å². The molecular formula is C8H9N3O3. The molecule has 0 unspecified atom stereocenters. The fraction of sp³-hybridized carbons (Fsp3) is 0.125. The van der Waals surface area contributed by atoms with Gasteiger partial charge in [0, 0.05) is 6.07 Å². The van der Waals surface area contributed by atoms with Crippen molar-refractivity contribution in [3.05, 3.63) is 33.9 Å². The molecule has 74 valence electrons. The van der Waals surface area contributed by atoms with Gasteiger partial charge in [-0.1, -0.05) is 0 Å². The van der Waals surface area contributed by atoms with Crippen LogP contribution >= 0.6 is 0 Å². The fourth-order valence-corrected chi connectivity index (χ4v) is 1.02. The molecule has 0 atom stereocenters. The van der Waals surface area contributed by atoms with Crippen molar-refractivity contribution < 1.29 is 9.66 Å². The third kappa shape index (κ3) is 1.79. The van der Waals surface area contributed by atoms with Gasteiger partial charge in [0.25, 0.3) is 5.69 Å². The summed E-state index contributed by atoms with van der Waals surface area (Å²) in [5.41, 5.74) is 5.50. The van der Waals surface area contributed by atoms with E-state index in [1.54, 1.807) is 0 Å². The minimum absolute atomic E-state index is 0.0909. The van der Waals surface area contributed by atoms with E-state index < -0.39 is 4.92 Å². The molecule has 0 heterocycles. The molecule has 6 nitrogen and oxygen atoms in total. The number of nitro groups is 1. The number of nitrogens with zero attached hydrogens (tertiary/aromatic N) is 1. The Labute approximate surface area is 80.0 Å². The molecule has 1 rings (SSSR count). The Morgan fingerprint density at radius 3 is 2.71 bits per heavy atom. The first-order valence-electron chi connectivity index (χ1n) is 3.73. The molecule has 0 radical (unpaired) electrons. The lowest BCUT2D eigenvalue weighted by Gasteiger charge is -2.05. The van der Waals surface area contributed by atoms with Gasteiger partial charge in [-0.3, -0.25) is 15.5 Å². The van der Waals surface area contributed by atoms with Gasteiger partial charge in [0.15, 0.2) is 0 Å². The molecule has 3 N–H and O–H groups in total. The Morgan fingerprint density at radius 2 is 2.29 bits per heavy atom. The number of amidine groups is 1. The average Bonchev–Trinajstić information content (AvgIpc) is 2.16. The van der Waals surface area contributed by atoms with Crippen LogP contribution in [0.1, 0.15) is 5.56 Å². The van der Waals surface area contributed by atoms with Crippen molar-refractivity contribution in [1.82, 2.24) is 0 Å². The number of nitrogen functional groups attached to an aromatic ring is 1. The van der Waals surface area contributed by atoms with Crippen molar-refractivity contribution in [3.8, 4) is 5.75 Å². The summed E-state index contributed by atoms with van der Waals surface area (Å²) in [6.07, 6.45) is 0. The van der Waals surface area contributed by atoms with Gasteiger partial charge < -0.3 is 10.5 Å². The molecule has 0 spiro atoms. The van der Waals surface area contributed by atoms with E-state index in [1.165, 1.54) is 25.3 Å². The third-order valence-corrected chi connectivity index (χ3v) is 1.69. The Morgan fingerprint density at radius 1 is 1.64 bits per heavy atom. The fourth-order valence-electron chi connectivity index (χ4n) is 1.02. The standard InChI is InChI=1S/C8H9N3O3/c1-14-7-4-5(11(12)13)2-3-6(7)8(9)10/h2-4H,1H3,(H3,9,10). The van der Waals surface area contributed by atoms with Crippen molar-refractivity contribution >= 4 is 11.5 Å². The number of nitro benzene ring substituents is 1. The van der Waals surface area contributed by atoms with E-state index in [1.807, 2.05) is 0 Å². The number of benzene rings is 1. The second-order valence-corrected chi connectivity index (χ2v) is 2.56.